The number of hydrogen-bond acceptors (Lipinski definition) is 2. The average Bonchev–Trinajstić information content (AvgIpc) is 2.77. The number of carboxylic acid groups (broad SMARTS) is 2. The first kappa shape index (κ1) is 19.0. The average molecular weight is 392 g/mol. The first-order chi connectivity index (χ1) is 14.5. The van der Waals surface area contributed by atoms with Crippen molar-refractivity contribution in [1.29, 1.82) is 0 Å². The monoisotopic (exact) mass is 392 g/mol. The van der Waals surface area contributed by atoms with Crippen molar-refractivity contribution in [1.82, 2.24) is 0 Å². The highest BCUT2D eigenvalue weighted by molar-refractivity contribution is 6.06. The van der Waals surface area contributed by atoms with E-state index in [1.807, 2.05) is 54.6 Å². The molecule has 4 rings (SSSR count). The molecule has 0 heterocycles. The van der Waals surface area contributed by atoms with Crippen LogP contribution in [0.2, 0.25) is 0 Å². The third kappa shape index (κ3) is 3.65. The van der Waals surface area contributed by atoms with Crippen molar-refractivity contribution in [2.24, 2.45) is 0 Å². The smallest absolute Gasteiger partial charge is 0.336 e. The number of carbonyl (C=O) groups is 2. The van der Waals surface area contributed by atoms with Crippen LogP contribution in [0.1, 0.15) is 31.8 Å². The van der Waals surface area contributed by atoms with Gasteiger partial charge in [0.25, 0.3) is 0 Å². The van der Waals surface area contributed by atoms with E-state index < -0.39 is 11.9 Å². The van der Waals surface area contributed by atoms with Gasteiger partial charge in [-0.05, 0) is 46.2 Å². The molecular weight excluding hydrogens is 376 g/mol. The number of fused-ring (bicyclic) bond motifs is 1. The molecule has 4 nitrogen and oxygen atoms in total. The van der Waals surface area contributed by atoms with Crippen LogP contribution in [0.5, 0.6) is 0 Å². The summed E-state index contributed by atoms with van der Waals surface area (Å²) in [6.07, 6.45) is 0. The van der Waals surface area contributed by atoms with E-state index in [9.17, 15) is 19.8 Å². The lowest BCUT2D eigenvalue weighted by atomic mass is 9.96. The Morgan fingerprint density at radius 2 is 1.30 bits per heavy atom. The van der Waals surface area contributed by atoms with Gasteiger partial charge in [-0.3, -0.25) is 0 Å². The summed E-state index contributed by atoms with van der Waals surface area (Å²) < 4.78 is 0. The van der Waals surface area contributed by atoms with Gasteiger partial charge < -0.3 is 10.2 Å². The van der Waals surface area contributed by atoms with Crippen molar-refractivity contribution < 1.29 is 19.8 Å². The van der Waals surface area contributed by atoms with Gasteiger partial charge in [0.15, 0.2) is 0 Å². The number of aromatic carboxylic acids is 2. The summed E-state index contributed by atoms with van der Waals surface area (Å²) in [5.41, 5.74) is 3.12. The Labute approximate surface area is 173 Å². The molecule has 4 aromatic carbocycles. The lowest BCUT2D eigenvalue weighted by Gasteiger charge is -2.07. The SMILES string of the molecule is O=C(O)c1cc2cccc(C(=O)O)c2cc1C#Cc1ccccc1-c1ccccc1. The van der Waals surface area contributed by atoms with Gasteiger partial charge in [-0.1, -0.05) is 72.5 Å². The predicted octanol–water partition coefficient (Wildman–Crippen LogP) is 5.30. The summed E-state index contributed by atoms with van der Waals surface area (Å²) in [7, 11) is 0. The predicted molar refractivity (Wildman–Crippen MR) is 116 cm³/mol. The van der Waals surface area contributed by atoms with Crippen LogP contribution < -0.4 is 0 Å². The summed E-state index contributed by atoms with van der Waals surface area (Å²) in [4.78, 5) is 23.4. The van der Waals surface area contributed by atoms with Crippen molar-refractivity contribution in [2.45, 2.75) is 0 Å². The number of carboxylic acids is 2. The first-order valence-corrected chi connectivity index (χ1v) is 9.24. The lowest BCUT2D eigenvalue weighted by molar-refractivity contribution is 0.0688. The molecule has 144 valence electrons. The molecule has 0 saturated carbocycles. The fraction of sp³-hybridized carbons (Fsp3) is 0. The largest absolute Gasteiger partial charge is 0.478 e. The second-order valence-corrected chi connectivity index (χ2v) is 6.70. The molecule has 0 unspecified atom stereocenters. The molecule has 0 amide bonds. The zero-order chi connectivity index (χ0) is 21.1. The van der Waals surface area contributed by atoms with E-state index in [-0.39, 0.29) is 16.7 Å². The van der Waals surface area contributed by atoms with Crippen LogP contribution in [-0.4, -0.2) is 22.2 Å². The van der Waals surface area contributed by atoms with Crippen molar-refractivity contribution >= 4 is 22.7 Å². The lowest BCUT2D eigenvalue weighted by Crippen LogP contribution is -2.03. The summed E-state index contributed by atoms with van der Waals surface area (Å²) in [6, 6.07) is 25.2. The van der Waals surface area contributed by atoms with Crippen molar-refractivity contribution in [3.8, 4) is 23.0 Å². The van der Waals surface area contributed by atoms with E-state index in [4.69, 9.17) is 0 Å². The molecule has 0 aromatic heterocycles. The van der Waals surface area contributed by atoms with E-state index in [2.05, 4.69) is 11.8 Å². The summed E-state index contributed by atoms with van der Waals surface area (Å²) in [5.74, 6) is 3.85. The van der Waals surface area contributed by atoms with Crippen molar-refractivity contribution in [3.05, 3.63) is 107 Å². The van der Waals surface area contributed by atoms with Crippen LogP contribution in [0, 0.1) is 11.8 Å². The van der Waals surface area contributed by atoms with Crippen LogP contribution >= 0.6 is 0 Å². The minimum absolute atomic E-state index is 0.0368. The molecule has 30 heavy (non-hydrogen) atoms. The molecule has 0 aliphatic rings. The van der Waals surface area contributed by atoms with Gasteiger partial charge in [0.05, 0.1) is 11.1 Å². The third-order valence-electron chi connectivity index (χ3n) is 4.82. The van der Waals surface area contributed by atoms with Crippen LogP contribution in [0.25, 0.3) is 21.9 Å². The minimum atomic E-state index is -1.11. The van der Waals surface area contributed by atoms with E-state index in [1.54, 1.807) is 18.2 Å². The van der Waals surface area contributed by atoms with Gasteiger partial charge in [0, 0.05) is 11.1 Å². The zero-order valence-corrected chi connectivity index (χ0v) is 15.8. The van der Waals surface area contributed by atoms with Gasteiger partial charge in [-0.25, -0.2) is 9.59 Å². The fourth-order valence-corrected chi connectivity index (χ4v) is 3.39. The molecule has 0 aliphatic heterocycles. The number of rotatable bonds is 3. The van der Waals surface area contributed by atoms with Crippen LogP contribution in [0.3, 0.4) is 0 Å². The molecule has 2 N–H and O–H groups in total. The van der Waals surface area contributed by atoms with E-state index in [0.717, 1.165) is 16.7 Å². The van der Waals surface area contributed by atoms with Gasteiger partial charge in [-0.2, -0.15) is 0 Å². The number of benzene rings is 4. The molecular formula is C26H16O4. The second kappa shape index (κ2) is 7.94. The van der Waals surface area contributed by atoms with Crippen LogP contribution in [-0.2, 0) is 0 Å². The highest BCUT2D eigenvalue weighted by Crippen LogP contribution is 2.25. The van der Waals surface area contributed by atoms with E-state index in [1.165, 1.54) is 12.1 Å². The minimum Gasteiger partial charge on any atom is -0.478 e. The van der Waals surface area contributed by atoms with Crippen molar-refractivity contribution in [3.63, 3.8) is 0 Å². The number of hydrogen-bond donors (Lipinski definition) is 2. The molecule has 0 aliphatic carbocycles. The van der Waals surface area contributed by atoms with Gasteiger partial charge in [0.2, 0.25) is 0 Å². The third-order valence-corrected chi connectivity index (χ3v) is 4.82. The summed E-state index contributed by atoms with van der Waals surface area (Å²) in [6.45, 7) is 0. The Balaban J connectivity index is 1.90. The highest BCUT2D eigenvalue weighted by atomic mass is 16.4. The van der Waals surface area contributed by atoms with E-state index >= 15 is 0 Å². The Bertz CT molecular complexity index is 1340. The first-order valence-electron chi connectivity index (χ1n) is 9.24. The molecule has 4 heteroatoms. The Hall–Kier alpha value is -4.36. The fourth-order valence-electron chi connectivity index (χ4n) is 3.39. The molecule has 4 aromatic rings. The molecule has 0 spiro atoms. The highest BCUT2D eigenvalue weighted by Gasteiger charge is 2.14. The van der Waals surface area contributed by atoms with E-state index in [0.29, 0.717) is 10.8 Å². The van der Waals surface area contributed by atoms with Gasteiger partial charge >= 0.3 is 11.9 Å². The van der Waals surface area contributed by atoms with Crippen LogP contribution in [0.4, 0.5) is 0 Å². The van der Waals surface area contributed by atoms with Gasteiger partial charge in [-0.15, -0.1) is 0 Å². The molecule has 0 saturated heterocycles. The molecule has 0 bridgehead atoms. The second-order valence-electron chi connectivity index (χ2n) is 6.70. The Kier molecular flexibility index (Phi) is 5.02. The Morgan fingerprint density at radius 3 is 2.03 bits per heavy atom. The van der Waals surface area contributed by atoms with Gasteiger partial charge in [0.1, 0.15) is 0 Å². The maximum atomic E-state index is 11.8. The zero-order valence-electron chi connectivity index (χ0n) is 15.8. The summed E-state index contributed by atoms with van der Waals surface area (Å²) >= 11 is 0. The van der Waals surface area contributed by atoms with Crippen LogP contribution in [0.15, 0.2) is 84.9 Å². The maximum absolute atomic E-state index is 11.8. The molecule has 0 atom stereocenters. The topological polar surface area (TPSA) is 74.6 Å². The van der Waals surface area contributed by atoms with Crippen molar-refractivity contribution in [2.75, 3.05) is 0 Å². The quantitative estimate of drug-likeness (QED) is 0.464. The molecule has 0 radical (unpaired) electrons. The Morgan fingerprint density at radius 1 is 0.633 bits per heavy atom. The molecule has 0 fully saturated rings. The standard InChI is InChI=1S/C26H16O4/c27-25(28)22-12-6-10-19-16-24(26(29)30)20(15-23(19)22)14-13-18-9-4-5-11-21(18)17-7-2-1-3-8-17/h1-12,15-16H,(H,27,28)(H,29,30). The maximum Gasteiger partial charge on any atom is 0.336 e. The summed E-state index contributed by atoms with van der Waals surface area (Å²) in [5, 5.41) is 20.1. The normalized spacial score (nSPS) is 10.3.